The first-order valence-electron chi connectivity index (χ1n) is 6.37. The average molecular weight is 298 g/mol. The fraction of sp³-hybridized carbons (Fsp3) is 0.571. The number of hydrogen-bond acceptors (Lipinski definition) is 2. The molecule has 94 valence electrons. The summed E-state index contributed by atoms with van der Waals surface area (Å²) in [5, 5.41) is 13.5. The van der Waals surface area contributed by atoms with Crippen LogP contribution < -0.4 is 5.32 Å². The van der Waals surface area contributed by atoms with E-state index in [0.29, 0.717) is 0 Å². The summed E-state index contributed by atoms with van der Waals surface area (Å²) in [6.07, 6.45) is 5.35. The van der Waals surface area contributed by atoms with Crippen LogP contribution in [0.25, 0.3) is 0 Å². The second-order valence-corrected chi connectivity index (χ2v) is 5.79. The number of aliphatic hydroxyl groups excluding tert-OH is 1. The van der Waals surface area contributed by atoms with E-state index in [-0.39, 0.29) is 12.1 Å². The maximum atomic E-state index is 10.1. The summed E-state index contributed by atoms with van der Waals surface area (Å²) >= 11 is 3.57. The number of halogens is 1. The third-order valence-electron chi connectivity index (χ3n) is 3.44. The molecule has 2 N–H and O–H groups in total. The van der Waals surface area contributed by atoms with Crippen molar-refractivity contribution in [1.82, 2.24) is 0 Å². The number of nitrogens with one attached hydrogen (secondary N) is 1. The lowest BCUT2D eigenvalue weighted by molar-refractivity contribution is 0.144. The van der Waals surface area contributed by atoms with Crippen molar-refractivity contribution in [3.05, 3.63) is 28.2 Å². The highest BCUT2D eigenvalue weighted by Crippen LogP contribution is 2.27. The molecular weight excluding hydrogens is 278 g/mol. The molecule has 1 aliphatic carbocycles. The number of hydrogen-bond donors (Lipinski definition) is 2. The van der Waals surface area contributed by atoms with Gasteiger partial charge in [-0.3, -0.25) is 0 Å². The van der Waals surface area contributed by atoms with Gasteiger partial charge in [-0.25, -0.2) is 0 Å². The Kier molecular flexibility index (Phi) is 4.46. The van der Waals surface area contributed by atoms with Gasteiger partial charge in [-0.2, -0.15) is 0 Å². The van der Waals surface area contributed by atoms with Crippen LogP contribution in [0.5, 0.6) is 0 Å². The molecule has 2 nitrogen and oxygen atoms in total. The van der Waals surface area contributed by atoms with Crippen LogP contribution in [0.15, 0.2) is 22.7 Å². The lowest BCUT2D eigenvalue weighted by atomic mass is 10.1. The van der Waals surface area contributed by atoms with Crippen LogP contribution in [0.1, 0.15) is 37.7 Å². The minimum Gasteiger partial charge on any atom is -0.391 e. The Morgan fingerprint density at radius 2 is 2.00 bits per heavy atom. The van der Waals surface area contributed by atoms with E-state index < -0.39 is 0 Å². The second kappa shape index (κ2) is 5.87. The zero-order chi connectivity index (χ0) is 12.3. The molecule has 2 rings (SSSR count). The average Bonchev–Trinajstić information content (AvgIpc) is 2.48. The molecule has 3 heteroatoms. The number of benzene rings is 1. The van der Waals surface area contributed by atoms with E-state index in [1.807, 2.05) is 0 Å². The van der Waals surface area contributed by atoms with Crippen LogP contribution in [0, 0.1) is 6.92 Å². The van der Waals surface area contributed by atoms with Gasteiger partial charge in [-0.05, 0) is 53.4 Å². The summed E-state index contributed by atoms with van der Waals surface area (Å²) in [5.74, 6) is 0. The Labute approximate surface area is 112 Å². The fourth-order valence-corrected chi connectivity index (χ4v) is 3.00. The van der Waals surface area contributed by atoms with E-state index in [0.717, 1.165) is 29.4 Å². The molecule has 1 fully saturated rings. The van der Waals surface area contributed by atoms with E-state index in [4.69, 9.17) is 0 Å². The van der Waals surface area contributed by atoms with Gasteiger partial charge in [0.15, 0.2) is 0 Å². The minimum absolute atomic E-state index is 0.191. The fourth-order valence-electron chi connectivity index (χ4n) is 2.39. The van der Waals surface area contributed by atoms with Crippen molar-refractivity contribution in [2.45, 2.75) is 51.2 Å². The molecule has 0 spiro atoms. The van der Waals surface area contributed by atoms with E-state index in [1.54, 1.807) is 0 Å². The monoisotopic (exact) mass is 297 g/mol. The van der Waals surface area contributed by atoms with Gasteiger partial charge in [0.1, 0.15) is 0 Å². The smallest absolute Gasteiger partial charge is 0.0741 e. The Bertz CT molecular complexity index is 380. The molecular formula is C14H20BrNO. The SMILES string of the molecule is Cc1ccc(NC2CCCCCC2O)c(Br)c1. The van der Waals surface area contributed by atoms with Gasteiger partial charge in [0.25, 0.3) is 0 Å². The van der Waals surface area contributed by atoms with E-state index in [2.05, 4.69) is 46.4 Å². The van der Waals surface area contributed by atoms with Gasteiger partial charge in [0.05, 0.1) is 12.1 Å². The zero-order valence-electron chi connectivity index (χ0n) is 10.2. The van der Waals surface area contributed by atoms with Crippen LogP contribution in [-0.4, -0.2) is 17.3 Å². The highest BCUT2D eigenvalue weighted by Gasteiger charge is 2.21. The lowest BCUT2D eigenvalue weighted by Crippen LogP contribution is -2.32. The third kappa shape index (κ3) is 3.46. The summed E-state index contributed by atoms with van der Waals surface area (Å²) in [4.78, 5) is 0. The summed E-state index contributed by atoms with van der Waals surface area (Å²) in [6.45, 7) is 2.08. The van der Waals surface area contributed by atoms with Gasteiger partial charge in [0, 0.05) is 10.2 Å². The first-order valence-corrected chi connectivity index (χ1v) is 7.17. The standard InChI is InChI=1S/C14H20BrNO/c1-10-7-8-12(11(15)9-10)16-13-5-3-2-4-6-14(13)17/h7-9,13-14,16-17H,2-6H2,1H3. The summed E-state index contributed by atoms with van der Waals surface area (Å²) < 4.78 is 1.08. The molecule has 0 bridgehead atoms. The lowest BCUT2D eigenvalue weighted by Gasteiger charge is -2.23. The first kappa shape index (κ1) is 12.9. The third-order valence-corrected chi connectivity index (χ3v) is 4.10. The van der Waals surface area contributed by atoms with Crippen molar-refractivity contribution < 1.29 is 5.11 Å². The predicted molar refractivity (Wildman–Crippen MR) is 75.4 cm³/mol. The zero-order valence-corrected chi connectivity index (χ0v) is 11.8. The van der Waals surface area contributed by atoms with Crippen molar-refractivity contribution in [3.8, 4) is 0 Å². The van der Waals surface area contributed by atoms with Gasteiger partial charge in [0.2, 0.25) is 0 Å². The normalized spacial score (nSPS) is 25.4. The van der Waals surface area contributed by atoms with Crippen LogP contribution in [0.2, 0.25) is 0 Å². The Hall–Kier alpha value is -0.540. The van der Waals surface area contributed by atoms with E-state index >= 15 is 0 Å². The Morgan fingerprint density at radius 1 is 1.24 bits per heavy atom. The molecule has 0 aromatic heterocycles. The minimum atomic E-state index is -0.217. The molecule has 1 saturated carbocycles. The van der Waals surface area contributed by atoms with Crippen molar-refractivity contribution in [2.75, 3.05) is 5.32 Å². The molecule has 0 heterocycles. The predicted octanol–water partition coefficient (Wildman–Crippen LogP) is 3.86. The van der Waals surface area contributed by atoms with Crippen LogP contribution in [-0.2, 0) is 0 Å². The molecule has 0 amide bonds. The molecule has 1 aromatic carbocycles. The highest BCUT2D eigenvalue weighted by molar-refractivity contribution is 9.10. The molecule has 17 heavy (non-hydrogen) atoms. The number of anilines is 1. The number of aliphatic hydroxyl groups is 1. The summed E-state index contributed by atoms with van der Waals surface area (Å²) in [6, 6.07) is 6.47. The van der Waals surface area contributed by atoms with E-state index in [1.165, 1.54) is 18.4 Å². The topological polar surface area (TPSA) is 32.3 Å². The second-order valence-electron chi connectivity index (χ2n) is 4.94. The maximum absolute atomic E-state index is 10.1. The van der Waals surface area contributed by atoms with E-state index in [9.17, 15) is 5.11 Å². The van der Waals surface area contributed by atoms with Gasteiger partial charge < -0.3 is 10.4 Å². The maximum Gasteiger partial charge on any atom is 0.0741 e. The molecule has 1 aromatic rings. The van der Waals surface area contributed by atoms with Crippen molar-refractivity contribution >= 4 is 21.6 Å². The summed E-state index contributed by atoms with van der Waals surface area (Å²) in [7, 11) is 0. The van der Waals surface area contributed by atoms with Gasteiger partial charge in [-0.1, -0.05) is 25.3 Å². The van der Waals surface area contributed by atoms with Gasteiger partial charge in [-0.15, -0.1) is 0 Å². The van der Waals surface area contributed by atoms with Crippen molar-refractivity contribution in [3.63, 3.8) is 0 Å². The molecule has 1 aliphatic rings. The van der Waals surface area contributed by atoms with Gasteiger partial charge >= 0.3 is 0 Å². The van der Waals surface area contributed by atoms with Crippen LogP contribution in [0.3, 0.4) is 0 Å². The Balaban J connectivity index is 2.08. The van der Waals surface area contributed by atoms with Crippen molar-refractivity contribution in [2.24, 2.45) is 0 Å². The quantitative estimate of drug-likeness (QED) is 0.813. The number of rotatable bonds is 2. The largest absolute Gasteiger partial charge is 0.391 e. The van der Waals surface area contributed by atoms with Crippen molar-refractivity contribution in [1.29, 1.82) is 0 Å². The summed E-state index contributed by atoms with van der Waals surface area (Å²) in [5.41, 5.74) is 2.32. The molecule has 0 saturated heterocycles. The highest BCUT2D eigenvalue weighted by atomic mass is 79.9. The van der Waals surface area contributed by atoms with Crippen LogP contribution in [0.4, 0.5) is 5.69 Å². The molecule has 2 unspecified atom stereocenters. The van der Waals surface area contributed by atoms with Crippen LogP contribution >= 0.6 is 15.9 Å². The number of aryl methyl sites for hydroxylation is 1. The molecule has 0 radical (unpaired) electrons. The molecule has 2 atom stereocenters. The Morgan fingerprint density at radius 3 is 2.76 bits per heavy atom. The first-order chi connectivity index (χ1) is 8.16. The molecule has 0 aliphatic heterocycles.